The molecule has 4 nitrogen and oxygen atoms in total. The number of hydrogen-bond acceptors (Lipinski definition) is 4. The van der Waals surface area contributed by atoms with Crippen LogP contribution in [-0.4, -0.2) is 32.8 Å². The van der Waals surface area contributed by atoms with Crippen LogP contribution < -0.4 is 20.1 Å². The van der Waals surface area contributed by atoms with E-state index >= 15 is 0 Å². The third-order valence-electron chi connectivity index (χ3n) is 4.24. The first-order chi connectivity index (χ1) is 10.1. The molecular formula is C17H28N2O2. The Hall–Kier alpha value is -1.26. The number of methoxy groups -OCH3 is 2. The smallest absolute Gasteiger partial charge is 0.123 e. The second-order valence-electron chi connectivity index (χ2n) is 5.93. The summed E-state index contributed by atoms with van der Waals surface area (Å²) in [7, 11) is 3.40. The van der Waals surface area contributed by atoms with Gasteiger partial charge in [0.2, 0.25) is 0 Å². The molecule has 0 bridgehead atoms. The lowest BCUT2D eigenvalue weighted by Gasteiger charge is -2.24. The van der Waals surface area contributed by atoms with Gasteiger partial charge in [-0.15, -0.1) is 0 Å². The zero-order valence-electron chi connectivity index (χ0n) is 13.6. The summed E-state index contributed by atoms with van der Waals surface area (Å²) in [6.07, 6.45) is 3.76. The van der Waals surface area contributed by atoms with Gasteiger partial charge in [-0.25, -0.2) is 0 Å². The standard InChI is InChI=1S/C17H28N2O2/c1-12(10-14-6-5-9-18-14)19-13(2)16-11-15(20-3)7-8-17(16)21-4/h7-8,11-14,18-19H,5-6,9-10H2,1-4H3. The highest BCUT2D eigenvalue weighted by atomic mass is 16.5. The van der Waals surface area contributed by atoms with Crippen LogP contribution in [0.5, 0.6) is 11.5 Å². The van der Waals surface area contributed by atoms with E-state index in [2.05, 4.69) is 30.5 Å². The van der Waals surface area contributed by atoms with Crippen LogP contribution in [0.1, 0.15) is 44.7 Å². The molecule has 21 heavy (non-hydrogen) atoms. The molecule has 0 amide bonds. The molecule has 3 atom stereocenters. The van der Waals surface area contributed by atoms with E-state index in [0.717, 1.165) is 30.0 Å². The van der Waals surface area contributed by atoms with Crippen molar-refractivity contribution in [2.24, 2.45) is 0 Å². The van der Waals surface area contributed by atoms with E-state index in [9.17, 15) is 0 Å². The summed E-state index contributed by atoms with van der Waals surface area (Å²) in [6.45, 7) is 5.59. The molecule has 1 aromatic rings. The summed E-state index contributed by atoms with van der Waals surface area (Å²) in [5.41, 5.74) is 1.14. The quantitative estimate of drug-likeness (QED) is 0.811. The van der Waals surface area contributed by atoms with Gasteiger partial charge in [0.15, 0.2) is 0 Å². The van der Waals surface area contributed by atoms with Gasteiger partial charge in [0.25, 0.3) is 0 Å². The van der Waals surface area contributed by atoms with Crippen molar-refractivity contribution in [1.82, 2.24) is 10.6 Å². The minimum atomic E-state index is 0.228. The Kier molecular flexibility index (Phi) is 5.88. The number of hydrogen-bond donors (Lipinski definition) is 2. The van der Waals surface area contributed by atoms with Gasteiger partial charge in [-0.05, 0) is 57.9 Å². The monoisotopic (exact) mass is 292 g/mol. The van der Waals surface area contributed by atoms with Gasteiger partial charge < -0.3 is 20.1 Å². The minimum Gasteiger partial charge on any atom is -0.497 e. The molecule has 2 N–H and O–H groups in total. The van der Waals surface area contributed by atoms with Crippen LogP contribution in [0.3, 0.4) is 0 Å². The molecule has 1 aliphatic heterocycles. The first-order valence-corrected chi connectivity index (χ1v) is 7.85. The van der Waals surface area contributed by atoms with E-state index in [4.69, 9.17) is 9.47 Å². The van der Waals surface area contributed by atoms with Crippen molar-refractivity contribution in [3.05, 3.63) is 23.8 Å². The second kappa shape index (κ2) is 7.66. The van der Waals surface area contributed by atoms with Crippen molar-refractivity contribution < 1.29 is 9.47 Å². The molecule has 0 saturated carbocycles. The molecule has 1 aromatic carbocycles. The lowest BCUT2D eigenvalue weighted by atomic mass is 10.0. The lowest BCUT2D eigenvalue weighted by molar-refractivity contribution is 0.375. The van der Waals surface area contributed by atoms with Crippen LogP contribution in [-0.2, 0) is 0 Å². The maximum Gasteiger partial charge on any atom is 0.123 e. The second-order valence-corrected chi connectivity index (χ2v) is 5.93. The van der Waals surface area contributed by atoms with Crippen LogP contribution in [0.25, 0.3) is 0 Å². The van der Waals surface area contributed by atoms with E-state index in [1.54, 1.807) is 14.2 Å². The first kappa shape index (κ1) is 16.1. The van der Waals surface area contributed by atoms with Crippen molar-refractivity contribution in [2.75, 3.05) is 20.8 Å². The Morgan fingerprint density at radius 1 is 1.29 bits per heavy atom. The summed E-state index contributed by atoms with van der Waals surface area (Å²) in [6, 6.07) is 7.30. The molecule has 3 unspecified atom stereocenters. The summed E-state index contributed by atoms with van der Waals surface area (Å²) in [5, 5.41) is 7.23. The highest BCUT2D eigenvalue weighted by Crippen LogP contribution is 2.29. The van der Waals surface area contributed by atoms with Crippen molar-refractivity contribution in [2.45, 2.75) is 51.2 Å². The Bertz CT molecular complexity index is 444. The third-order valence-corrected chi connectivity index (χ3v) is 4.24. The molecule has 1 aliphatic rings. The Morgan fingerprint density at radius 2 is 2.10 bits per heavy atom. The average Bonchev–Trinajstić information content (AvgIpc) is 2.99. The molecule has 1 heterocycles. The lowest BCUT2D eigenvalue weighted by Crippen LogP contribution is -2.35. The topological polar surface area (TPSA) is 42.5 Å². The third kappa shape index (κ3) is 4.35. The highest BCUT2D eigenvalue weighted by Gasteiger charge is 2.20. The van der Waals surface area contributed by atoms with Gasteiger partial charge in [-0.3, -0.25) is 0 Å². The van der Waals surface area contributed by atoms with Gasteiger partial charge in [0.1, 0.15) is 11.5 Å². The number of rotatable bonds is 7. The number of nitrogens with one attached hydrogen (secondary N) is 2. The Balaban J connectivity index is 1.99. The van der Waals surface area contributed by atoms with E-state index in [1.807, 2.05) is 12.1 Å². The molecule has 0 aliphatic carbocycles. The zero-order chi connectivity index (χ0) is 15.2. The fourth-order valence-corrected chi connectivity index (χ4v) is 3.15. The van der Waals surface area contributed by atoms with Crippen molar-refractivity contribution in [1.29, 1.82) is 0 Å². The van der Waals surface area contributed by atoms with Crippen LogP contribution in [0.15, 0.2) is 18.2 Å². The van der Waals surface area contributed by atoms with Crippen molar-refractivity contribution >= 4 is 0 Å². The maximum atomic E-state index is 5.47. The van der Waals surface area contributed by atoms with Crippen molar-refractivity contribution in [3.63, 3.8) is 0 Å². The summed E-state index contributed by atoms with van der Waals surface area (Å²) < 4.78 is 10.8. The normalized spacial score (nSPS) is 21.0. The van der Waals surface area contributed by atoms with E-state index in [0.29, 0.717) is 12.1 Å². The molecule has 1 fully saturated rings. The minimum absolute atomic E-state index is 0.228. The van der Waals surface area contributed by atoms with Crippen LogP contribution in [0.2, 0.25) is 0 Å². The number of ether oxygens (including phenoxy) is 2. The molecule has 118 valence electrons. The molecule has 0 aromatic heterocycles. The summed E-state index contributed by atoms with van der Waals surface area (Å²) in [4.78, 5) is 0. The van der Waals surface area contributed by atoms with Crippen LogP contribution in [0, 0.1) is 0 Å². The van der Waals surface area contributed by atoms with Crippen molar-refractivity contribution in [3.8, 4) is 11.5 Å². The van der Waals surface area contributed by atoms with Gasteiger partial charge in [0, 0.05) is 23.7 Å². The van der Waals surface area contributed by atoms with E-state index in [1.165, 1.54) is 12.8 Å². The highest BCUT2D eigenvalue weighted by molar-refractivity contribution is 5.42. The predicted molar refractivity (Wildman–Crippen MR) is 86.2 cm³/mol. The molecule has 0 spiro atoms. The predicted octanol–water partition coefficient (Wildman–Crippen LogP) is 2.89. The Morgan fingerprint density at radius 3 is 2.71 bits per heavy atom. The average molecular weight is 292 g/mol. The Labute approximate surface area is 128 Å². The fourth-order valence-electron chi connectivity index (χ4n) is 3.15. The van der Waals surface area contributed by atoms with Crippen LogP contribution in [0.4, 0.5) is 0 Å². The van der Waals surface area contributed by atoms with Gasteiger partial charge in [-0.2, -0.15) is 0 Å². The van der Waals surface area contributed by atoms with Crippen LogP contribution >= 0.6 is 0 Å². The molecule has 0 radical (unpaired) electrons. The molecule has 4 heteroatoms. The number of benzene rings is 1. The van der Waals surface area contributed by atoms with Gasteiger partial charge in [0.05, 0.1) is 14.2 Å². The molecule has 1 saturated heterocycles. The largest absolute Gasteiger partial charge is 0.497 e. The summed E-state index contributed by atoms with van der Waals surface area (Å²) in [5.74, 6) is 1.77. The summed E-state index contributed by atoms with van der Waals surface area (Å²) >= 11 is 0. The zero-order valence-corrected chi connectivity index (χ0v) is 13.6. The van der Waals surface area contributed by atoms with E-state index < -0.39 is 0 Å². The molecular weight excluding hydrogens is 264 g/mol. The first-order valence-electron chi connectivity index (χ1n) is 7.85. The van der Waals surface area contributed by atoms with Gasteiger partial charge >= 0.3 is 0 Å². The van der Waals surface area contributed by atoms with Gasteiger partial charge in [-0.1, -0.05) is 0 Å². The molecule has 2 rings (SSSR count). The van der Waals surface area contributed by atoms with E-state index in [-0.39, 0.29) is 6.04 Å². The maximum absolute atomic E-state index is 5.47. The fraction of sp³-hybridized carbons (Fsp3) is 0.647. The SMILES string of the molecule is COc1ccc(OC)c(C(C)NC(C)CC2CCCN2)c1.